The molecular weight excluding hydrogens is 294 g/mol. The van der Waals surface area contributed by atoms with Gasteiger partial charge in [0.2, 0.25) is 0 Å². The average Bonchev–Trinajstić information content (AvgIpc) is 3.01. The molecule has 0 N–H and O–H groups in total. The molecule has 1 fully saturated rings. The summed E-state index contributed by atoms with van der Waals surface area (Å²) in [7, 11) is 0. The molecule has 22 heavy (non-hydrogen) atoms. The molecule has 1 saturated heterocycles. The van der Waals surface area contributed by atoms with Crippen LogP contribution in [0.15, 0.2) is 42.5 Å². The zero-order chi connectivity index (χ0) is 15.7. The van der Waals surface area contributed by atoms with E-state index >= 15 is 0 Å². The molecule has 1 nitrogen and oxygen atoms in total. The molecule has 0 spiro atoms. The van der Waals surface area contributed by atoms with Crippen LogP contribution in [0.25, 0.3) is 11.1 Å². The zero-order valence-electron chi connectivity index (χ0n) is 11.8. The largest absolute Gasteiger partial charge is 0.419 e. The molecule has 0 amide bonds. The van der Waals surface area contributed by atoms with Crippen molar-refractivity contribution in [2.24, 2.45) is 0 Å². The van der Waals surface area contributed by atoms with Gasteiger partial charge in [-0.15, -0.1) is 0 Å². The number of hydrogen-bond donors (Lipinski definition) is 0. The summed E-state index contributed by atoms with van der Waals surface area (Å²) in [5.41, 5.74) is 0.850. The van der Waals surface area contributed by atoms with E-state index in [-0.39, 0.29) is 0 Å². The molecule has 0 bridgehead atoms. The molecule has 5 heteroatoms. The summed E-state index contributed by atoms with van der Waals surface area (Å²) < 4.78 is 51.6. The standard InChI is InChI=1S/C17H15F4N/c18-16-8-5-13(11-15(16)17(19,20)21)12-3-6-14(7-4-12)22-9-1-2-10-22/h3-8,11H,1-2,9-10H2. The topological polar surface area (TPSA) is 3.24 Å². The summed E-state index contributed by atoms with van der Waals surface area (Å²) in [4.78, 5) is 2.25. The monoisotopic (exact) mass is 309 g/mol. The van der Waals surface area contributed by atoms with Crippen molar-refractivity contribution in [1.82, 2.24) is 0 Å². The van der Waals surface area contributed by atoms with Crippen LogP contribution in [-0.4, -0.2) is 13.1 Å². The van der Waals surface area contributed by atoms with Crippen molar-refractivity contribution in [1.29, 1.82) is 0 Å². The first-order chi connectivity index (χ1) is 10.4. The maximum Gasteiger partial charge on any atom is 0.419 e. The molecule has 0 radical (unpaired) electrons. The molecule has 0 atom stereocenters. The van der Waals surface area contributed by atoms with E-state index in [1.165, 1.54) is 6.07 Å². The summed E-state index contributed by atoms with van der Waals surface area (Å²) in [5.74, 6) is -1.25. The maximum absolute atomic E-state index is 13.3. The van der Waals surface area contributed by atoms with E-state index in [0.717, 1.165) is 43.8 Å². The Morgan fingerprint density at radius 1 is 0.818 bits per heavy atom. The molecule has 1 aliphatic rings. The smallest absolute Gasteiger partial charge is 0.372 e. The molecule has 0 aliphatic carbocycles. The summed E-state index contributed by atoms with van der Waals surface area (Å²) in [6.45, 7) is 2.02. The van der Waals surface area contributed by atoms with Gasteiger partial charge in [0.25, 0.3) is 0 Å². The second kappa shape index (κ2) is 5.63. The van der Waals surface area contributed by atoms with Crippen LogP contribution in [-0.2, 0) is 6.18 Å². The summed E-state index contributed by atoms with van der Waals surface area (Å²) >= 11 is 0. The summed E-state index contributed by atoms with van der Waals surface area (Å²) in [5, 5.41) is 0. The Kier molecular flexibility index (Phi) is 3.81. The number of rotatable bonds is 2. The van der Waals surface area contributed by atoms with Crippen molar-refractivity contribution in [3.63, 3.8) is 0 Å². The van der Waals surface area contributed by atoms with Gasteiger partial charge in [0.05, 0.1) is 5.56 Å². The van der Waals surface area contributed by atoms with Crippen molar-refractivity contribution in [3.8, 4) is 11.1 Å². The molecule has 0 unspecified atom stereocenters. The van der Waals surface area contributed by atoms with Crippen LogP contribution in [0.5, 0.6) is 0 Å². The fourth-order valence-electron chi connectivity index (χ4n) is 2.76. The van der Waals surface area contributed by atoms with E-state index in [1.807, 2.05) is 12.1 Å². The minimum atomic E-state index is -4.68. The van der Waals surface area contributed by atoms with Crippen molar-refractivity contribution in [3.05, 3.63) is 53.8 Å². The van der Waals surface area contributed by atoms with E-state index in [9.17, 15) is 17.6 Å². The third-order valence-electron chi connectivity index (χ3n) is 3.94. The lowest BCUT2D eigenvalue weighted by Gasteiger charge is -2.18. The third-order valence-corrected chi connectivity index (χ3v) is 3.94. The highest BCUT2D eigenvalue weighted by Gasteiger charge is 2.34. The van der Waals surface area contributed by atoms with Gasteiger partial charge in [0, 0.05) is 18.8 Å². The van der Waals surface area contributed by atoms with Gasteiger partial charge in [-0.05, 0) is 48.2 Å². The minimum absolute atomic E-state index is 0.363. The highest BCUT2D eigenvalue weighted by Crippen LogP contribution is 2.34. The number of anilines is 1. The van der Waals surface area contributed by atoms with Gasteiger partial charge in [-0.25, -0.2) is 4.39 Å². The first-order valence-corrected chi connectivity index (χ1v) is 7.17. The Hall–Kier alpha value is -2.04. The van der Waals surface area contributed by atoms with Crippen molar-refractivity contribution >= 4 is 5.69 Å². The van der Waals surface area contributed by atoms with Gasteiger partial charge in [-0.2, -0.15) is 13.2 Å². The first kappa shape index (κ1) is 14.9. The minimum Gasteiger partial charge on any atom is -0.372 e. The third kappa shape index (κ3) is 2.93. The van der Waals surface area contributed by atoms with Gasteiger partial charge >= 0.3 is 6.18 Å². The van der Waals surface area contributed by atoms with Crippen molar-refractivity contribution in [2.75, 3.05) is 18.0 Å². The van der Waals surface area contributed by atoms with Crippen LogP contribution in [0.3, 0.4) is 0 Å². The van der Waals surface area contributed by atoms with Gasteiger partial charge in [-0.3, -0.25) is 0 Å². The lowest BCUT2D eigenvalue weighted by Crippen LogP contribution is -2.17. The van der Waals surface area contributed by atoms with Gasteiger partial charge < -0.3 is 4.90 Å². The highest BCUT2D eigenvalue weighted by atomic mass is 19.4. The first-order valence-electron chi connectivity index (χ1n) is 7.17. The highest BCUT2D eigenvalue weighted by molar-refractivity contribution is 5.67. The van der Waals surface area contributed by atoms with E-state index < -0.39 is 17.6 Å². The number of halogens is 4. The molecule has 2 aromatic carbocycles. The van der Waals surface area contributed by atoms with Crippen molar-refractivity contribution in [2.45, 2.75) is 19.0 Å². The predicted molar refractivity (Wildman–Crippen MR) is 78.3 cm³/mol. The summed E-state index contributed by atoms with van der Waals surface area (Å²) in [6.07, 6.45) is -2.36. The van der Waals surface area contributed by atoms with Crippen LogP contribution in [0.4, 0.5) is 23.2 Å². The van der Waals surface area contributed by atoms with E-state index in [1.54, 1.807) is 12.1 Å². The molecule has 1 heterocycles. The van der Waals surface area contributed by atoms with Crippen LogP contribution in [0.1, 0.15) is 18.4 Å². The van der Waals surface area contributed by atoms with Crippen LogP contribution in [0.2, 0.25) is 0 Å². The fourth-order valence-corrected chi connectivity index (χ4v) is 2.76. The second-order valence-corrected chi connectivity index (χ2v) is 5.43. The van der Waals surface area contributed by atoms with E-state index in [2.05, 4.69) is 4.90 Å². The van der Waals surface area contributed by atoms with Crippen LogP contribution >= 0.6 is 0 Å². The van der Waals surface area contributed by atoms with Gasteiger partial charge in [0.15, 0.2) is 0 Å². The average molecular weight is 309 g/mol. The molecule has 116 valence electrons. The van der Waals surface area contributed by atoms with Crippen LogP contribution < -0.4 is 4.90 Å². The number of alkyl halides is 3. The van der Waals surface area contributed by atoms with Gasteiger partial charge in [-0.1, -0.05) is 18.2 Å². The Balaban J connectivity index is 1.91. The SMILES string of the molecule is Fc1ccc(-c2ccc(N3CCCC3)cc2)cc1C(F)(F)F. The molecule has 0 saturated carbocycles. The number of nitrogens with zero attached hydrogens (tertiary/aromatic N) is 1. The summed E-state index contributed by atoms with van der Waals surface area (Å²) in [6, 6.07) is 10.5. The second-order valence-electron chi connectivity index (χ2n) is 5.43. The zero-order valence-corrected chi connectivity index (χ0v) is 11.8. The van der Waals surface area contributed by atoms with E-state index in [4.69, 9.17) is 0 Å². The lowest BCUT2D eigenvalue weighted by atomic mass is 10.0. The number of hydrogen-bond acceptors (Lipinski definition) is 1. The quantitative estimate of drug-likeness (QED) is 0.697. The predicted octanol–water partition coefficient (Wildman–Crippen LogP) is 5.11. The Morgan fingerprint density at radius 2 is 1.41 bits per heavy atom. The van der Waals surface area contributed by atoms with Gasteiger partial charge in [0.1, 0.15) is 5.82 Å². The van der Waals surface area contributed by atoms with Crippen molar-refractivity contribution < 1.29 is 17.6 Å². The Labute approximate surface area is 126 Å². The molecule has 2 aromatic rings. The molecular formula is C17H15F4N. The molecule has 3 rings (SSSR count). The Bertz CT molecular complexity index is 655. The van der Waals surface area contributed by atoms with Crippen LogP contribution in [0, 0.1) is 5.82 Å². The van der Waals surface area contributed by atoms with E-state index in [0.29, 0.717) is 11.1 Å². The maximum atomic E-state index is 13.3. The molecule has 0 aromatic heterocycles. The lowest BCUT2D eigenvalue weighted by molar-refractivity contribution is -0.139. The Morgan fingerprint density at radius 3 is 2.00 bits per heavy atom. The fraction of sp³-hybridized carbons (Fsp3) is 0.294. The number of benzene rings is 2. The molecule has 1 aliphatic heterocycles. The normalized spacial score (nSPS) is 15.4.